The highest BCUT2D eigenvalue weighted by atomic mass is 79.9. The van der Waals surface area contributed by atoms with E-state index < -0.39 is 23.5 Å². The van der Waals surface area contributed by atoms with Crippen molar-refractivity contribution in [3.63, 3.8) is 0 Å². The van der Waals surface area contributed by atoms with Gasteiger partial charge in [0.1, 0.15) is 17.8 Å². The highest BCUT2D eigenvalue weighted by Crippen LogP contribution is 2.13. The van der Waals surface area contributed by atoms with E-state index in [0.29, 0.717) is 6.54 Å². The second kappa shape index (κ2) is 5.66. The van der Waals surface area contributed by atoms with Crippen molar-refractivity contribution in [2.24, 2.45) is 0 Å². The number of halogens is 1. The van der Waals surface area contributed by atoms with Crippen molar-refractivity contribution in [2.75, 3.05) is 6.54 Å². The third kappa shape index (κ3) is 3.38. The van der Waals surface area contributed by atoms with Crippen LogP contribution in [0.25, 0.3) is 0 Å². The fourth-order valence-corrected chi connectivity index (χ4v) is 2.41. The monoisotopic (exact) mass is 342 g/mol. The van der Waals surface area contributed by atoms with Gasteiger partial charge in [-0.3, -0.25) is 15.1 Å². The van der Waals surface area contributed by atoms with Gasteiger partial charge in [-0.05, 0) is 28.9 Å². The summed E-state index contributed by atoms with van der Waals surface area (Å²) in [7, 11) is 0. The van der Waals surface area contributed by atoms with E-state index in [4.69, 9.17) is 0 Å². The molecule has 0 radical (unpaired) electrons. The largest absolute Gasteiger partial charge is 0.548 e. The predicted molar refractivity (Wildman–Crippen MR) is 72.8 cm³/mol. The Bertz CT molecular complexity index is 547. The summed E-state index contributed by atoms with van der Waals surface area (Å²) in [5.74, 6) is -1.79. The summed E-state index contributed by atoms with van der Waals surface area (Å²) in [5, 5.41) is 16.7. The summed E-state index contributed by atoms with van der Waals surface area (Å²) in [6.07, 6.45) is 3.48. The van der Waals surface area contributed by atoms with Crippen molar-refractivity contribution in [1.82, 2.24) is 15.6 Å². The van der Waals surface area contributed by atoms with Crippen LogP contribution in [0.15, 0.2) is 16.7 Å². The van der Waals surface area contributed by atoms with Crippen LogP contribution in [-0.2, 0) is 4.79 Å². The Labute approximate surface area is 124 Å². The Kier molecular flexibility index (Phi) is 4.12. The molecule has 0 spiro atoms. The highest BCUT2D eigenvalue weighted by molar-refractivity contribution is 9.10. The van der Waals surface area contributed by atoms with Crippen molar-refractivity contribution in [3.05, 3.63) is 22.4 Å². The van der Waals surface area contributed by atoms with Gasteiger partial charge in [-0.1, -0.05) is 0 Å². The van der Waals surface area contributed by atoms with E-state index in [1.807, 2.05) is 6.92 Å². The van der Waals surface area contributed by atoms with E-state index in [1.54, 1.807) is 18.6 Å². The van der Waals surface area contributed by atoms with Crippen molar-refractivity contribution in [2.45, 2.75) is 24.9 Å². The minimum Gasteiger partial charge on any atom is -0.548 e. The third-order valence-corrected chi connectivity index (χ3v) is 3.61. The molecule has 1 aromatic rings. The molecule has 1 aromatic heterocycles. The number of hydrogen-bond donors (Lipinski definition) is 4. The van der Waals surface area contributed by atoms with Crippen LogP contribution in [0.2, 0.25) is 0 Å². The Balaban J connectivity index is 2.02. The van der Waals surface area contributed by atoms with Gasteiger partial charge >= 0.3 is 0 Å². The number of aliphatic carboxylic acids is 1. The van der Waals surface area contributed by atoms with E-state index in [0.717, 1.165) is 4.47 Å². The number of hydrogen-bond acceptors (Lipinski definition) is 4. The van der Waals surface area contributed by atoms with E-state index in [2.05, 4.69) is 36.5 Å². The van der Waals surface area contributed by atoms with Gasteiger partial charge in [-0.25, -0.2) is 0 Å². The molecular weight excluding hydrogens is 328 g/mol. The van der Waals surface area contributed by atoms with E-state index in [1.165, 1.54) is 0 Å². The van der Waals surface area contributed by atoms with Crippen LogP contribution in [0.1, 0.15) is 23.8 Å². The van der Waals surface area contributed by atoms with Gasteiger partial charge in [0.15, 0.2) is 0 Å². The predicted octanol–water partition coefficient (Wildman–Crippen LogP) is -2.51. The molecule has 108 valence electrons. The Hall–Kier alpha value is -1.83. The van der Waals surface area contributed by atoms with Gasteiger partial charge < -0.3 is 20.2 Å². The quantitative estimate of drug-likeness (QED) is 0.473. The van der Waals surface area contributed by atoms with Gasteiger partial charge in [0.2, 0.25) is 6.34 Å². The van der Waals surface area contributed by atoms with Crippen molar-refractivity contribution in [3.8, 4) is 0 Å². The summed E-state index contributed by atoms with van der Waals surface area (Å²) in [4.78, 5) is 28.9. The van der Waals surface area contributed by atoms with Crippen molar-refractivity contribution >= 4 is 34.1 Å². The molecule has 4 N–H and O–H groups in total. The SMILES string of the molecule is C[C@]1(C[C@H](NC(=O)c2cc(Br)c[nH]2)C(=O)[O-])C[NH+]=CN1. The number of carbonyl (C=O) groups is 2. The van der Waals surface area contributed by atoms with Crippen LogP contribution in [-0.4, -0.2) is 41.3 Å². The molecule has 1 aliphatic rings. The van der Waals surface area contributed by atoms with Crippen LogP contribution in [0.5, 0.6) is 0 Å². The summed E-state index contributed by atoms with van der Waals surface area (Å²) < 4.78 is 0.718. The van der Waals surface area contributed by atoms with E-state index >= 15 is 0 Å². The molecule has 8 heteroatoms. The zero-order valence-electron chi connectivity index (χ0n) is 10.8. The number of nitrogens with one attached hydrogen (secondary N) is 4. The minimum atomic E-state index is -1.31. The molecule has 2 rings (SSSR count). The van der Waals surface area contributed by atoms with E-state index in [-0.39, 0.29) is 12.1 Å². The Morgan fingerprint density at radius 2 is 2.40 bits per heavy atom. The van der Waals surface area contributed by atoms with Gasteiger partial charge in [0, 0.05) is 17.1 Å². The summed E-state index contributed by atoms with van der Waals surface area (Å²) in [6, 6.07) is 0.502. The molecule has 20 heavy (non-hydrogen) atoms. The second-order valence-electron chi connectivity index (χ2n) is 5.01. The number of amides is 1. The normalized spacial score (nSPS) is 22.3. The van der Waals surface area contributed by atoms with Gasteiger partial charge in [0.05, 0.1) is 12.0 Å². The molecule has 1 amide bonds. The molecule has 7 nitrogen and oxygen atoms in total. The van der Waals surface area contributed by atoms with Gasteiger partial charge in [-0.15, -0.1) is 0 Å². The average molecular weight is 343 g/mol. The molecule has 0 saturated carbocycles. The molecule has 2 atom stereocenters. The maximum atomic E-state index is 12.0. The molecule has 2 heterocycles. The fraction of sp³-hybridized carbons (Fsp3) is 0.417. The molecule has 0 fully saturated rings. The summed E-state index contributed by atoms with van der Waals surface area (Å²) in [6.45, 7) is 2.46. The lowest BCUT2D eigenvalue weighted by Crippen LogP contribution is -2.69. The molecule has 0 aromatic carbocycles. The minimum absolute atomic E-state index is 0.215. The number of aromatic amines is 1. The molecule has 0 bridgehead atoms. The first-order valence-corrected chi connectivity index (χ1v) is 6.87. The van der Waals surface area contributed by atoms with Crippen molar-refractivity contribution < 1.29 is 19.7 Å². The smallest absolute Gasteiger partial charge is 0.268 e. The average Bonchev–Trinajstić information content (AvgIpc) is 2.97. The zero-order valence-corrected chi connectivity index (χ0v) is 12.4. The van der Waals surface area contributed by atoms with E-state index in [9.17, 15) is 14.7 Å². The number of H-pyrrole nitrogens is 1. The first kappa shape index (κ1) is 14.6. The fourth-order valence-electron chi connectivity index (χ4n) is 2.06. The number of aromatic nitrogens is 1. The lowest BCUT2D eigenvalue weighted by atomic mass is 9.94. The lowest BCUT2D eigenvalue weighted by molar-refractivity contribution is -0.449. The lowest BCUT2D eigenvalue weighted by Gasteiger charge is -2.26. The van der Waals surface area contributed by atoms with Crippen LogP contribution in [0.3, 0.4) is 0 Å². The second-order valence-corrected chi connectivity index (χ2v) is 5.93. The van der Waals surface area contributed by atoms with Crippen LogP contribution >= 0.6 is 15.9 Å². The highest BCUT2D eigenvalue weighted by Gasteiger charge is 2.36. The third-order valence-electron chi connectivity index (χ3n) is 3.15. The first-order chi connectivity index (χ1) is 9.39. The maximum absolute atomic E-state index is 12.0. The van der Waals surface area contributed by atoms with Crippen LogP contribution in [0.4, 0.5) is 0 Å². The standard InChI is InChI=1S/C12H15BrN4O3/c1-12(5-14-6-16-12)3-9(11(19)20)17-10(18)8-2-7(13)4-15-8/h2,4,6,9,15H,3,5H2,1H3,(H,14,16)(H,17,18)(H,19,20)/t9-,12-/m0/s1. The first-order valence-electron chi connectivity index (χ1n) is 6.08. The number of rotatable bonds is 5. The number of carboxylic acids is 1. The van der Waals surface area contributed by atoms with Crippen LogP contribution in [0, 0.1) is 0 Å². The molecule has 0 unspecified atom stereocenters. The molecule has 0 saturated heterocycles. The number of carboxylic acid groups (broad SMARTS) is 1. The maximum Gasteiger partial charge on any atom is 0.268 e. The zero-order chi connectivity index (χ0) is 14.8. The molecule has 0 aliphatic carbocycles. The number of carbonyl (C=O) groups excluding carboxylic acids is 2. The van der Waals surface area contributed by atoms with Crippen molar-refractivity contribution in [1.29, 1.82) is 0 Å². The van der Waals surface area contributed by atoms with Gasteiger partial charge in [0.25, 0.3) is 5.91 Å². The summed E-state index contributed by atoms with van der Waals surface area (Å²) in [5.41, 5.74) is -0.147. The Morgan fingerprint density at radius 1 is 1.65 bits per heavy atom. The Morgan fingerprint density at radius 3 is 2.90 bits per heavy atom. The molecular formula is C12H15BrN4O3. The van der Waals surface area contributed by atoms with Gasteiger partial charge in [-0.2, -0.15) is 0 Å². The summed E-state index contributed by atoms with van der Waals surface area (Å²) >= 11 is 3.21. The van der Waals surface area contributed by atoms with Crippen LogP contribution < -0.4 is 20.7 Å². The topological polar surface area (TPSA) is 111 Å². The molecule has 1 aliphatic heterocycles.